The molecule has 1 aliphatic carbocycles. The molecule has 0 aromatic carbocycles. The lowest BCUT2D eigenvalue weighted by molar-refractivity contribution is -0.117. The fourth-order valence-electron chi connectivity index (χ4n) is 3.51. The Bertz CT molecular complexity index is 782. The van der Waals surface area contributed by atoms with Gasteiger partial charge in [0, 0.05) is 43.0 Å². The summed E-state index contributed by atoms with van der Waals surface area (Å²) >= 11 is 0. The topological polar surface area (TPSA) is 75.9 Å². The molecule has 25 heavy (non-hydrogen) atoms. The normalized spacial score (nSPS) is 18.6. The van der Waals surface area contributed by atoms with E-state index >= 15 is 0 Å². The predicted octanol–water partition coefficient (Wildman–Crippen LogP) is 1.95. The van der Waals surface area contributed by atoms with Gasteiger partial charge < -0.3 is 5.32 Å². The zero-order valence-electron chi connectivity index (χ0n) is 14.8. The number of carbonyl (C=O) groups excluding carboxylic acids is 1. The summed E-state index contributed by atoms with van der Waals surface area (Å²) in [5.41, 5.74) is 2.23. The molecule has 2 aliphatic rings. The Hall–Kier alpha value is -2.28. The first-order chi connectivity index (χ1) is 12.1. The molecule has 1 atom stereocenters. The number of nitrogens with zero attached hydrogens (tertiary/aromatic N) is 5. The van der Waals surface area contributed by atoms with Crippen molar-refractivity contribution in [2.75, 3.05) is 18.4 Å². The molecule has 1 fully saturated rings. The molecule has 1 unspecified atom stereocenters. The predicted molar refractivity (Wildman–Crippen MR) is 94.0 cm³/mol. The van der Waals surface area contributed by atoms with E-state index in [9.17, 15) is 4.79 Å². The molecular formula is C18H24N6O. The van der Waals surface area contributed by atoms with Crippen molar-refractivity contribution < 1.29 is 4.79 Å². The van der Waals surface area contributed by atoms with Crippen LogP contribution in [0.2, 0.25) is 0 Å². The van der Waals surface area contributed by atoms with Gasteiger partial charge >= 0.3 is 0 Å². The van der Waals surface area contributed by atoms with E-state index in [-0.39, 0.29) is 5.91 Å². The molecule has 2 aromatic heterocycles. The van der Waals surface area contributed by atoms with Gasteiger partial charge in [-0.25, -0.2) is 14.6 Å². The van der Waals surface area contributed by atoms with Gasteiger partial charge in [0.15, 0.2) is 0 Å². The number of fused-ring (bicyclic) bond motifs is 1. The lowest BCUT2D eigenvalue weighted by Gasteiger charge is -2.27. The van der Waals surface area contributed by atoms with Crippen molar-refractivity contribution in [1.82, 2.24) is 24.6 Å². The van der Waals surface area contributed by atoms with E-state index in [1.54, 1.807) is 6.20 Å². The van der Waals surface area contributed by atoms with E-state index in [4.69, 9.17) is 0 Å². The summed E-state index contributed by atoms with van der Waals surface area (Å²) < 4.78 is 1.94. The molecule has 2 aromatic rings. The zero-order chi connectivity index (χ0) is 17.4. The summed E-state index contributed by atoms with van der Waals surface area (Å²) in [6.45, 7) is 6.02. The zero-order valence-corrected chi connectivity index (χ0v) is 14.8. The summed E-state index contributed by atoms with van der Waals surface area (Å²) in [4.78, 5) is 23.4. The summed E-state index contributed by atoms with van der Waals surface area (Å²) in [7, 11) is 0. The Morgan fingerprint density at radius 3 is 3.08 bits per heavy atom. The quantitative estimate of drug-likeness (QED) is 0.900. The Labute approximate surface area is 147 Å². The average Bonchev–Trinajstić information content (AvgIpc) is 3.34. The van der Waals surface area contributed by atoms with Crippen LogP contribution in [0.3, 0.4) is 0 Å². The second-order valence-electron chi connectivity index (χ2n) is 7.14. The van der Waals surface area contributed by atoms with Gasteiger partial charge in [-0.1, -0.05) is 0 Å². The van der Waals surface area contributed by atoms with E-state index in [2.05, 4.69) is 32.2 Å². The summed E-state index contributed by atoms with van der Waals surface area (Å²) in [6, 6.07) is 2.21. The number of carbonyl (C=O) groups is 1. The third kappa shape index (κ3) is 3.56. The van der Waals surface area contributed by atoms with Crippen LogP contribution in [0.4, 0.5) is 5.82 Å². The number of hydrogen-bond donors (Lipinski definition) is 1. The van der Waals surface area contributed by atoms with Gasteiger partial charge in [-0.2, -0.15) is 5.10 Å². The van der Waals surface area contributed by atoms with E-state index in [0.717, 1.165) is 42.4 Å². The van der Waals surface area contributed by atoms with Gasteiger partial charge in [0.2, 0.25) is 5.91 Å². The van der Waals surface area contributed by atoms with Gasteiger partial charge in [0.25, 0.3) is 0 Å². The molecule has 7 heteroatoms. The summed E-state index contributed by atoms with van der Waals surface area (Å²) in [5.74, 6) is 2.29. The van der Waals surface area contributed by atoms with E-state index in [1.165, 1.54) is 12.8 Å². The highest BCUT2D eigenvalue weighted by Crippen LogP contribution is 2.40. The standard InChI is InChI=1S/C18H24N6O/c1-12(14-3-4-14)24-17(5-7-20-24)22-18(25)11-23-8-6-16-15(10-23)9-19-13(2)21-16/h5,7,9,12,14H,3-4,6,8,10-11H2,1-2H3,(H,22,25). The van der Waals surface area contributed by atoms with Crippen LogP contribution in [0, 0.1) is 12.8 Å². The first-order valence-corrected chi connectivity index (χ1v) is 8.97. The fourth-order valence-corrected chi connectivity index (χ4v) is 3.51. The third-order valence-electron chi connectivity index (χ3n) is 5.13. The molecule has 7 nitrogen and oxygen atoms in total. The highest BCUT2D eigenvalue weighted by Gasteiger charge is 2.31. The molecule has 1 aliphatic heterocycles. The smallest absolute Gasteiger partial charge is 0.239 e. The van der Waals surface area contributed by atoms with Crippen molar-refractivity contribution in [3.63, 3.8) is 0 Å². The molecule has 1 amide bonds. The van der Waals surface area contributed by atoms with Crippen LogP contribution in [0.5, 0.6) is 0 Å². The number of amides is 1. The van der Waals surface area contributed by atoms with Gasteiger partial charge in [0.1, 0.15) is 11.6 Å². The van der Waals surface area contributed by atoms with Crippen LogP contribution in [-0.2, 0) is 17.8 Å². The minimum atomic E-state index is 0.00114. The molecule has 4 rings (SSSR count). The number of hydrogen-bond acceptors (Lipinski definition) is 5. The van der Waals surface area contributed by atoms with Gasteiger partial charge in [0.05, 0.1) is 18.8 Å². The Balaban J connectivity index is 1.37. The van der Waals surface area contributed by atoms with Crippen LogP contribution in [0.25, 0.3) is 0 Å². The highest BCUT2D eigenvalue weighted by atomic mass is 16.2. The molecular weight excluding hydrogens is 316 g/mol. The van der Waals surface area contributed by atoms with Gasteiger partial charge in [-0.3, -0.25) is 9.69 Å². The Kier molecular flexibility index (Phi) is 4.25. The molecule has 0 spiro atoms. The summed E-state index contributed by atoms with van der Waals surface area (Å²) in [5, 5.41) is 7.41. The van der Waals surface area contributed by atoms with Crippen molar-refractivity contribution in [3.8, 4) is 0 Å². The summed E-state index contributed by atoms with van der Waals surface area (Å²) in [6.07, 6.45) is 7.01. The van der Waals surface area contributed by atoms with Crippen molar-refractivity contribution in [2.45, 2.75) is 45.7 Å². The van der Waals surface area contributed by atoms with Crippen LogP contribution >= 0.6 is 0 Å². The second kappa shape index (κ2) is 6.55. The monoisotopic (exact) mass is 340 g/mol. The van der Waals surface area contributed by atoms with E-state index in [1.807, 2.05) is 23.9 Å². The molecule has 3 heterocycles. The number of anilines is 1. The number of aromatic nitrogens is 4. The van der Waals surface area contributed by atoms with Crippen molar-refractivity contribution in [1.29, 1.82) is 0 Å². The maximum Gasteiger partial charge on any atom is 0.239 e. The van der Waals surface area contributed by atoms with Crippen molar-refractivity contribution in [2.24, 2.45) is 5.92 Å². The van der Waals surface area contributed by atoms with Crippen LogP contribution in [0.1, 0.15) is 42.9 Å². The number of rotatable bonds is 5. The van der Waals surface area contributed by atoms with E-state index in [0.29, 0.717) is 18.5 Å². The minimum Gasteiger partial charge on any atom is -0.310 e. The first kappa shape index (κ1) is 16.2. The fraction of sp³-hybridized carbons (Fsp3) is 0.556. The molecule has 0 radical (unpaired) electrons. The van der Waals surface area contributed by atoms with Crippen LogP contribution in [-0.4, -0.2) is 43.6 Å². The molecule has 1 saturated carbocycles. The molecule has 1 N–H and O–H groups in total. The maximum absolute atomic E-state index is 12.5. The lowest BCUT2D eigenvalue weighted by Crippen LogP contribution is -2.38. The number of aryl methyl sites for hydroxylation is 1. The average molecular weight is 340 g/mol. The third-order valence-corrected chi connectivity index (χ3v) is 5.13. The van der Waals surface area contributed by atoms with Crippen LogP contribution in [0.15, 0.2) is 18.5 Å². The molecule has 0 bridgehead atoms. The van der Waals surface area contributed by atoms with Crippen LogP contribution < -0.4 is 5.32 Å². The van der Waals surface area contributed by atoms with Gasteiger partial charge in [-0.05, 0) is 32.6 Å². The molecule has 132 valence electrons. The van der Waals surface area contributed by atoms with Crippen molar-refractivity contribution in [3.05, 3.63) is 35.5 Å². The SMILES string of the molecule is Cc1ncc2c(n1)CCN(CC(=O)Nc1ccnn1C(C)C1CC1)C2. The van der Waals surface area contributed by atoms with Gasteiger partial charge in [-0.15, -0.1) is 0 Å². The Morgan fingerprint density at radius 1 is 1.44 bits per heavy atom. The Morgan fingerprint density at radius 2 is 2.28 bits per heavy atom. The molecule has 0 saturated heterocycles. The second-order valence-corrected chi connectivity index (χ2v) is 7.14. The first-order valence-electron chi connectivity index (χ1n) is 8.97. The lowest BCUT2D eigenvalue weighted by atomic mass is 10.1. The largest absolute Gasteiger partial charge is 0.310 e. The van der Waals surface area contributed by atoms with Crippen molar-refractivity contribution >= 4 is 11.7 Å². The number of nitrogens with one attached hydrogen (secondary N) is 1. The highest BCUT2D eigenvalue weighted by molar-refractivity contribution is 5.91. The van der Waals surface area contributed by atoms with E-state index < -0.39 is 0 Å². The maximum atomic E-state index is 12.5. The minimum absolute atomic E-state index is 0.00114.